The maximum atomic E-state index is 6.42. The van der Waals surface area contributed by atoms with Gasteiger partial charge in [0.15, 0.2) is 0 Å². The van der Waals surface area contributed by atoms with Crippen LogP contribution in [-0.4, -0.2) is 19.6 Å². The van der Waals surface area contributed by atoms with Crippen molar-refractivity contribution in [3.8, 4) is 0 Å². The molecule has 0 aromatic heterocycles. The first-order valence-electron chi connectivity index (χ1n) is 7.13. The predicted octanol–water partition coefficient (Wildman–Crippen LogP) is 3.88. The van der Waals surface area contributed by atoms with E-state index in [1.807, 2.05) is 12.1 Å². The second-order valence-corrected chi connectivity index (χ2v) is 5.51. The summed E-state index contributed by atoms with van der Waals surface area (Å²) in [6.45, 7) is 3.04. The number of hydrogen-bond donors (Lipinski definition) is 1. The normalized spacial score (nSPS) is 19.6. The fourth-order valence-electron chi connectivity index (χ4n) is 2.87. The monoisotopic (exact) mass is 286 g/mol. The highest BCUT2D eigenvalue weighted by molar-refractivity contribution is 6.31. The van der Waals surface area contributed by atoms with Crippen molar-refractivity contribution in [1.82, 2.24) is 5.32 Å². The van der Waals surface area contributed by atoms with Crippen LogP contribution < -0.4 is 10.2 Å². The highest BCUT2D eigenvalue weighted by Crippen LogP contribution is 2.33. The van der Waals surface area contributed by atoms with E-state index in [1.165, 1.54) is 11.3 Å². The van der Waals surface area contributed by atoms with Crippen LogP contribution in [0.2, 0.25) is 5.02 Å². The second kappa shape index (κ2) is 6.29. The van der Waals surface area contributed by atoms with Crippen LogP contribution in [-0.2, 0) is 0 Å². The lowest BCUT2D eigenvalue weighted by molar-refractivity contribution is 0.617. The van der Waals surface area contributed by atoms with Gasteiger partial charge >= 0.3 is 0 Å². The molecule has 1 N–H and O–H groups in total. The van der Waals surface area contributed by atoms with E-state index in [0.717, 1.165) is 31.1 Å². The van der Waals surface area contributed by atoms with E-state index in [9.17, 15) is 0 Å². The van der Waals surface area contributed by atoms with Crippen molar-refractivity contribution in [1.29, 1.82) is 0 Å². The number of anilines is 1. The Hall–Kier alpha value is -1.51. The van der Waals surface area contributed by atoms with E-state index in [1.54, 1.807) is 0 Å². The number of rotatable bonds is 2. The van der Waals surface area contributed by atoms with Gasteiger partial charge < -0.3 is 10.2 Å². The van der Waals surface area contributed by atoms with E-state index in [0.29, 0.717) is 6.04 Å². The van der Waals surface area contributed by atoms with Crippen molar-refractivity contribution in [2.75, 3.05) is 24.5 Å². The molecule has 3 heteroatoms. The molecule has 0 saturated carbocycles. The standard InChI is InChI=1S/C17H19ClN2/c18-16-9-5-4-8-15(16)17-10-11-19-12-13-20(17)14-6-2-1-3-7-14/h1-9,17,19H,10-13H2/t17-/m1/s1. The lowest BCUT2D eigenvalue weighted by Crippen LogP contribution is -2.30. The summed E-state index contributed by atoms with van der Waals surface area (Å²) in [6.07, 6.45) is 1.07. The fraction of sp³-hybridized carbons (Fsp3) is 0.294. The molecule has 0 bridgehead atoms. The molecular formula is C17H19ClN2. The molecule has 1 aliphatic heterocycles. The highest BCUT2D eigenvalue weighted by atomic mass is 35.5. The first kappa shape index (κ1) is 13.5. The summed E-state index contributed by atoms with van der Waals surface area (Å²) < 4.78 is 0. The highest BCUT2D eigenvalue weighted by Gasteiger charge is 2.24. The zero-order chi connectivity index (χ0) is 13.8. The van der Waals surface area contributed by atoms with Gasteiger partial charge in [-0.05, 0) is 36.7 Å². The second-order valence-electron chi connectivity index (χ2n) is 5.10. The number of benzene rings is 2. The summed E-state index contributed by atoms with van der Waals surface area (Å²) in [5.41, 5.74) is 2.49. The predicted molar refractivity (Wildman–Crippen MR) is 85.5 cm³/mol. The molecule has 3 rings (SSSR count). The maximum absolute atomic E-state index is 6.42. The summed E-state index contributed by atoms with van der Waals surface area (Å²) >= 11 is 6.42. The quantitative estimate of drug-likeness (QED) is 0.901. The first-order valence-corrected chi connectivity index (χ1v) is 7.51. The fourth-order valence-corrected chi connectivity index (χ4v) is 3.13. The zero-order valence-corrected chi connectivity index (χ0v) is 12.2. The Morgan fingerprint density at radius 1 is 0.950 bits per heavy atom. The van der Waals surface area contributed by atoms with E-state index in [4.69, 9.17) is 11.6 Å². The number of nitrogens with zero attached hydrogens (tertiary/aromatic N) is 1. The van der Waals surface area contributed by atoms with Gasteiger partial charge in [-0.1, -0.05) is 48.0 Å². The van der Waals surface area contributed by atoms with Crippen LogP contribution in [0.15, 0.2) is 54.6 Å². The third-order valence-electron chi connectivity index (χ3n) is 3.85. The van der Waals surface area contributed by atoms with Crippen molar-refractivity contribution in [2.45, 2.75) is 12.5 Å². The molecule has 2 aromatic rings. The molecule has 0 aliphatic carbocycles. The SMILES string of the molecule is Clc1ccccc1[C@H]1CCNCCN1c1ccccc1. The van der Waals surface area contributed by atoms with Gasteiger partial charge in [0.2, 0.25) is 0 Å². The minimum absolute atomic E-state index is 0.334. The van der Waals surface area contributed by atoms with Gasteiger partial charge in [0.05, 0.1) is 6.04 Å². The van der Waals surface area contributed by atoms with E-state index >= 15 is 0 Å². The summed E-state index contributed by atoms with van der Waals surface area (Å²) in [6, 6.07) is 19.1. The Morgan fingerprint density at radius 3 is 2.50 bits per heavy atom. The van der Waals surface area contributed by atoms with Crippen molar-refractivity contribution in [3.63, 3.8) is 0 Å². The first-order chi connectivity index (χ1) is 9.86. The van der Waals surface area contributed by atoms with Gasteiger partial charge in [-0.2, -0.15) is 0 Å². The van der Waals surface area contributed by atoms with Crippen molar-refractivity contribution >= 4 is 17.3 Å². The summed E-state index contributed by atoms with van der Waals surface area (Å²) in [4.78, 5) is 2.46. The third kappa shape index (κ3) is 2.82. The lowest BCUT2D eigenvalue weighted by Gasteiger charge is -2.32. The van der Waals surface area contributed by atoms with Crippen LogP contribution in [0.4, 0.5) is 5.69 Å². The molecule has 104 valence electrons. The summed E-state index contributed by atoms with van der Waals surface area (Å²) in [7, 11) is 0. The molecule has 1 fully saturated rings. The summed E-state index contributed by atoms with van der Waals surface area (Å²) in [5.74, 6) is 0. The molecule has 1 atom stereocenters. The molecule has 2 nitrogen and oxygen atoms in total. The van der Waals surface area contributed by atoms with E-state index < -0.39 is 0 Å². The molecule has 1 heterocycles. The Balaban J connectivity index is 1.98. The summed E-state index contributed by atoms with van der Waals surface area (Å²) in [5, 5.41) is 4.34. The van der Waals surface area contributed by atoms with E-state index in [2.05, 4.69) is 52.7 Å². The molecule has 20 heavy (non-hydrogen) atoms. The molecular weight excluding hydrogens is 268 g/mol. The van der Waals surface area contributed by atoms with Gasteiger partial charge in [-0.15, -0.1) is 0 Å². The molecule has 0 spiro atoms. The smallest absolute Gasteiger partial charge is 0.0569 e. The van der Waals surface area contributed by atoms with E-state index in [-0.39, 0.29) is 0 Å². The Morgan fingerprint density at radius 2 is 1.70 bits per heavy atom. The number of halogens is 1. The minimum Gasteiger partial charge on any atom is -0.363 e. The molecule has 1 aliphatic rings. The average Bonchev–Trinajstić information content (AvgIpc) is 2.74. The number of hydrogen-bond acceptors (Lipinski definition) is 2. The topological polar surface area (TPSA) is 15.3 Å². The van der Waals surface area contributed by atoms with Crippen LogP contribution in [0.5, 0.6) is 0 Å². The molecule has 2 aromatic carbocycles. The molecule has 0 amide bonds. The van der Waals surface area contributed by atoms with Gasteiger partial charge in [0, 0.05) is 23.8 Å². The third-order valence-corrected chi connectivity index (χ3v) is 4.20. The lowest BCUT2D eigenvalue weighted by atomic mass is 10.0. The maximum Gasteiger partial charge on any atom is 0.0569 e. The van der Waals surface area contributed by atoms with Gasteiger partial charge in [-0.3, -0.25) is 0 Å². The van der Waals surface area contributed by atoms with Crippen molar-refractivity contribution in [2.24, 2.45) is 0 Å². The largest absolute Gasteiger partial charge is 0.363 e. The minimum atomic E-state index is 0.334. The van der Waals surface area contributed by atoms with Gasteiger partial charge in [0.25, 0.3) is 0 Å². The Bertz CT molecular complexity index is 556. The van der Waals surface area contributed by atoms with Gasteiger partial charge in [0.1, 0.15) is 0 Å². The van der Waals surface area contributed by atoms with Crippen LogP contribution in [0, 0.1) is 0 Å². The zero-order valence-electron chi connectivity index (χ0n) is 11.4. The van der Waals surface area contributed by atoms with Crippen molar-refractivity contribution in [3.05, 3.63) is 65.2 Å². The number of para-hydroxylation sites is 1. The molecule has 0 radical (unpaired) electrons. The van der Waals surface area contributed by atoms with Crippen molar-refractivity contribution < 1.29 is 0 Å². The van der Waals surface area contributed by atoms with Crippen LogP contribution >= 0.6 is 11.6 Å². The van der Waals surface area contributed by atoms with Gasteiger partial charge in [-0.25, -0.2) is 0 Å². The molecule has 1 saturated heterocycles. The average molecular weight is 287 g/mol. The Labute approximate surface area is 125 Å². The van der Waals surface area contributed by atoms with Crippen LogP contribution in [0.1, 0.15) is 18.0 Å². The van der Waals surface area contributed by atoms with Crippen LogP contribution in [0.25, 0.3) is 0 Å². The Kier molecular flexibility index (Phi) is 4.24. The molecule has 0 unspecified atom stereocenters. The number of nitrogens with one attached hydrogen (secondary N) is 1. The van der Waals surface area contributed by atoms with Crippen LogP contribution in [0.3, 0.4) is 0 Å².